The van der Waals surface area contributed by atoms with Crippen molar-refractivity contribution in [2.75, 3.05) is 0 Å². The van der Waals surface area contributed by atoms with Gasteiger partial charge in [-0.15, -0.1) is 0 Å². The fraction of sp³-hybridized carbons (Fsp3) is 0.692. The Kier molecular flexibility index (Phi) is 4.18. The number of hydrogen-bond acceptors (Lipinski definition) is 2. The second kappa shape index (κ2) is 5.84. The second-order valence-corrected chi connectivity index (χ2v) is 4.97. The quantitative estimate of drug-likeness (QED) is 0.641. The number of nitrogens with zero attached hydrogens (tertiary/aromatic N) is 3. The lowest BCUT2D eigenvalue weighted by molar-refractivity contribution is 0.433. The van der Waals surface area contributed by atoms with Crippen molar-refractivity contribution in [3.05, 3.63) is 18.5 Å². The lowest BCUT2D eigenvalue weighted by Gasteiger charge is -2.21. The lowest BCUT2D eigenvalue weighted by Crippen LogP contribution is -2.28. The summed E-state index contributed by atoms with van der Waals surface area (Å²) in [6, 6.07) is 2.14. The number of nitrogens with two attached hydrogens (primary N) is 1. The normalized spacial score (nSPS) is 20.4. The maximum absolute atomic E-state index is 6.10. The summed E-state index contributed by atoms with van der Waals surface area (Å²) in [6.07, 6.45) is 10.1. The number of hydrogen-bond donors (Lipinski definition) is 1. The topological polar surface area (TPSA) is 56.2 Å². The Balaban J connectivity index is 1.88. The van der Waals surface area contributed by atoms with Gasteiger partial charge < -0.3 is 5.73 Å². The average Bonchev–Trinajstić information content (AvgIpc) is 2.82. The summed E-state index contributed by atoms with van der Waals surface area (Å²) in [4.78, 5) is 4.61. The minimum absolute atomic E-state index is 0.205. The van der Waals surface area contributed by atoms with Gasteiger partial charge in [0.25, 0.3) is 0 Å². The Morgan fingerprint density at radius 2 is 2.24 bits per heavy atom. The fourth-order valence-electron chi connectivity index (χ4n) is 2.48. The molecule has 1 aliphatic rings. The molecule has 4 nitrogen and oxygen atoms in total. The zero-order chi connectivity index (χ0) is 12.1. The summed E-state index contributed by atoms with van der Waals surface area (Å²) < 4.78 is 1.91. The molecule has 0 amide bonds. The molecule has 1 fully saturated rings. The van der Waals surface area contributed by atoms with Crippen LogP contribution >= 0.6 is 0 Å². The van der Waals surface area contributed by atoms with Crippen molar-refractivity contribution < 1.29 is 0 Å². The van der Waals surface area contributed by atoms with Crippen LogP contribution in [-0.4, -0.2) is 21.7 Å². The third-order valence-corrected chi connectivity index (χ3v) is 3.40. The van der Waals surface area contributed by atoms with Crippen LogP contribution in [0.15, 0.2) is 23.5 Å². The van der Waals surface area contributed by atoms with Crippen molar-refractivity contribution in [1.82, 2.24) is 9.78 Å². The van der Waals surface area contributed by atoms with Crippen LogP contribution in [0.5, 0.6) is 0 Å². The molecule has 1 aromatic rings. The third-order valence-electron chi connectivity index (χ3n) is 3.40. The van der Waals surface area contributed by atoms with Crippen molar-refractivity contribution in [2.45, 2.75) is 51.6 Å². The summed E-state index contributed by atoms with van der Waals surface area (Å²) >= 11 is 0. The van der Waals surface area contributed by atoms with Crippen molar-refractivity contribution in [1.29, 1.82) is 0 Å². The first-order chi connectivity index (χ1) is 8.25. The summed E-state index contributed by atoms with van der Waals surface area (Å²) in [7, 11) is 0. The number of amidine groups is 1. The van der Waals surface area contributed by atoms with Crippen LogP contribution < -0.4 is 5.73 Å². The fourth-order valence-corrected chi connectivity index (χ4v) is 2.48. The molecule has 94 valence electrons. The van der Waals surface area contributed by atoms with E-state index in [1.165, 1.54) is 32.1 Å². The van der Waals surface area contributed by atoms with E-state index in [1.807, 2.05) is 16.9 Å². The average molecular weight is 234 g/mol. The highest BCUT2D eigenvalue weighted by Gasteiger charge is 2.17. The molecule has 1 saturated carbocycles. The van der Waals surface area contributed by atoms with Gasteiger partial charge in [-0.1, -0.05) is 19.3 Å². The maximum Gasteiger partial charge on any atom is 0.0972 e. The predicted octanol–water partition coefficient (Wildman–Crippen LogP) is 2.21. The maximum atomic E-state index is 6.10. The van der Waals surface area contributed by atoms with Crippen molar-refractivity contribution in [3.8, 4) is 0 Å². The molecule has 1 atom stereocenters. The molecule has 1 aliphatic carbocycles. The third kappa shape index (κ3) is 3.58. The standard InChI is InChI=1S/C13H22N4/c1-11(10-17-9-5-8-15-17)16-13(14)12-6-3-2-4-7-12/h5,8-9,11-12H,2-4,6-7,10H2,1H3,(H2,14,16). The highest BCUT2D eigenvalue weighted by Crippen LogP contribution is 2.23. The molecule has 4 heteroatoms. The lowest BCUT2D eigenvalue weighted by atomic mass is 9.88. The van der Waals surface area contributed by atoms with E-state index in [-0.39, 0.29) is 6.04 Å². The van der Waals surface area contributed by atoms with Gasteiger partial charge in [-0.25, -0.2) is 0 Å². The Labute approximate surface area is 103 Å². The van der Waals surface area contributed by atoms with Gasteiger partial charge in [0.05, 0.1) is 18.4 Å². The van der Waals surface area contributed by atoms with Crippen LogP contribution in [0, 0.1) is 5.92 Å². The Morgan fingerprint density at radius 3 is 2.88 bits per heavy atom. The second-order valence-electron chi connectivity index (χ2n) is 4.97. The van der Waals surface area contributed by atoms with Gasteiger partial charge in [-0.05, 0) is 25.8 Å². The first-order valence-electron chi connectivity index (χ1n) is 6.56. The first kappa shape index (κ1) is 12.1. The first-order valence-corrected chi connectivity index (χ1v) is 6.56. The molecule has 2 N–H and O–H groups in total. The van der Waals surface area contributed by atoms with E-state index in [2.05, 4.69) is 17.0 Å². The minimum Gasteiger partial charge on any atom is -0.387 e. The number of rotatable bonds is 4. The van der Waals surface area contributed by atoms with E-state index in [0.717, 1.165) is 12.4 Å². The molecule has 0 aliphatic heterocycles. The smallest absolute Gasteiger partial charge is 0.0972 e. The van der Waals surface area contributed by atoms with Gasteiger partial charge in [0.1, 0.15) is 0 Å². The molecule has 0 radical (unpaired) electrons. The Bertz CT molecular complexity index is 350. The van der Waals surface area contributed by atoms with Crippen LogP contribution in [-0.2, 0) is 6.54 Å². The zero-order valence-electron chi connectivity index (χ0n) is 10.5. The molecular formula is C13H22N4. The van der Waals surface area contributed by atoms with Crippen molar-refractivity contribution in [3.63, 3.8) is 0 Å². The highest BCUT2D eigenvalue weighted by molar-refractivity contribution is 5.83. The summed E-state index contributed by atoms with van der Waals surface area (Å²) in [5.74, 6) is 1.37. The molecule has 17 heavy (non-hydrogen) atoms. The number of aliphatic imine (C=N–C) groups is 1. The monoisotopic (exact) mass is 234 g/mol. The van der Waals surface area contributed by atoms with E-state index < -0.39 is 0 Å². The SMILES string of the molecule is CC(Cn1cccn1)N=C(N)C1CCCCC1. The largest absolute Gasteiger partial charge is 0.387 e. The van der Waals surface area contributed by atoms with Crippen molar-refractivity contribution >= 4 is 5.84 Å². The van der Waals surface area contributed by atoms with Gasteiger partial charge in [0.2, 0.25) is 0 Å². The van der Waals surface area contributed by atoms with E-state index in [1.54, 1.807) is 6.20 Å². The van der Waals surface area contributed by atoms with Gasteiger partial charge in [0, 0.05) is 18.3 Å². The Morgan fingerprint density at radius 1 is 1.47 bits per heavy atom. The van der Waals surface area contributed by atoms with Crippen LogP contribution in [0.3, 0.4) is 0 Å². The van der Waals surface area contributed by atoms with Crippen LogP contribution in [0.1, 0.15) is 39.0 Å². The zero-order valence-corrected chi connectivity index (χ0v) is 10.5. The molecule has 1 heterocycles. The Hall–Kier alpha value is -1.32. The van der Waals surface area contributed by atoms with Crippen molar-refractivity contribution in [2.24, 2.45) is 16.6 Å². The summed E-state index contributed by atoms with van der Waals surface area (Å²) in [5, 5.41) is 4.18. The number of aromatic nitrogens is 2. The van der Waals surface area contributed by atoms with E-state index in [0.29, 0.717) is 5.92 Å². The van der Waals surface area contributed by atoms with Gasteiger partial charge in [-0.3, -0.25) is 9.67 Å². The molecule has 2 rings (SSSR count). The van der Waals surface area contributed by atoms with Crippen LogP contribution in [0.2, 0.25) is 0 Å². The molecule has 0 spiro atoms. The van der Waals surface area contributed by atoms with Gasteiger partial charge in [-0.2, -0.15) is 5.10 Å². The van der Waals surface area contributed by atoms with E-state index in [4.69, 9.17) is 5.73 Å². The van der Waals surface area contributed by atoms with E-state index in [9.17, 15) is 0 Å². The van der Waals surface area contributed by atoms with Gasteiger partial charge in [0.15, 0.2) is 0 Å². The molecule has 0 bridgehead atoms. The minimum atomic E-state index is 0.205. The van der Waals surface area contributed by atoms with Crippen LogP contribution in [0.25, 0.3) is 0 Å². The predicted molar refractivity (Wildman–Crippen MR) is 69.9 cm³/mol. The summed E-state index contributed by atoms with van der Waals surface area (Å²) in [5.41, 5.74) is 6.10. The molecular weight excluding hydrogens is 212 g/mol. The highest BCUT2D eigenvalue weighted by atomic mass is 15.3. The molecule has 1 unspecified atom stereocenters. The van der Waals surface area contributed by atoms with Gasteiger partial charge >= 0.3 is 0 Å². The molecule has 0 saturated heterocycles. The van der Waals surface area contributed by atoms with E-state index >= 15 is 0 Å². The molecule has 1 aromatic heterocycles. The van der Waals surface area contributed by atoms with Crippen LogP contribution in [0.4, 0.5) is 0 Å². The molecule has 0 aromatic carbocycles. The summed E-state index contributed by atoms with van der Waals surface area (Å²) in [6.45, 7) is 2.90.